The van der Waals surface area contributed by atoms with E-state index in [-0.39, 0.29) is 0 Å². The highest BCUT2D eigenvalue weighted by Crippen LogP contribution is 2.18. The van der Waals surface area contributed by atoms with Gasteiger partial charge in [0.2, 0.25) is 0 Å². The van der Waals surface area contributed by atoms with Crippen LogP contribution in [0.25, 0.3) is 5.65 Å². The molecule has 2 aromatic rings. The molecule has 0 bridgehead atoms. The first-order valence-electron chi connectivity index (χ1n) is 6.92. The number of halogens is 1. The van der Waals surface area contributed by atoms with Crippen molar-refractivity contribution in [1.29, 1.82) is 0 Å². The Bertz CT molecular complexity index is 630. The van der Waals surface area contributed by atoms with Crippen LogP contribution >= 0.6 is 15.9 Å². The Kier molecular flexibility index (Phi) is 3.91. The van der Waals surface area contributed by atoms with Gasteiger partial charge in [0.1, 0.15) is 5.65 Å². The van der Waals surface area contributed by atoms with Crippen molar-refractivity contribution in [2.24, 2.45) is 4.99 Å². The molecule has 6 heteroatoms. The number of aromatic nitrogens is 2. The van der Waals surface area contributed by atoms with Gasteiger partial charge in [-0.15, -0.1) is 0 Å². The topological polar surface area (TPSA) is 53.7 Å². The van der Waals surface area contributed by atoms with Crippen LogP contribution in [0.5, 0.6) is 0 Å². The molecular formula is C14H18BrN5. The molecule has 3 rings (SSSR count). The van der Waals surface area contributed by atoms with E-state index in [2.05, 4.69) is 43.5 Å². The summed E-state index contributed by atoms with van der Waals surface area (Å²) >= 11 is 3.46. The molecule has 1 aliphatic rings. The van der Waals surface area contributed by atoms with E-state index in [0.717, 1.165) is 28.3 Å². The molecule has 0 spiro atoms. The minimum Gasteiger partial charge on any atom is -0.357 e. The second-order valence-electron chi connectivity index (χ2n) is 4.96. The van der Waals surface area contributed by atoms with Crippen LogP contribution in [0.15, 0.2) is 34.0 Å². The van der Waals surface area contributed by atoms with Crippen molar-refractivity contribution in [2.75, 3.05) is 6.54 Å². The quantitative estimate of drug-likeness (QED) is 0.666. The van der Waals surface area contributed by atoms with Crippen LogP contribution in [0.3, 0.4) is 0 Å². The Morgan fingerprint density at radius 1 is 1.45 bits per heavy atom. The van der Waals surface area contributed by atoms with E-state index in [1.165, 1.54) is 12.8 Å². The number of nitrogens with one attached hydrogen (secondary N) is 2. The van der Waals surface area contributed by atoms with Gasteiger partial charge in [-0.3, -0.25) is 0 Å². The van der Waals surface area contributed by atoms with E-state index in [4.69, 9.17) is 0 Å². The normalized spacial score (nSPS) is 15.6. The third-order valence-electron chi connectivity index (χ3n) is 3.13. The highest BCUT2D eigenvalue weighted by molar-refractivity contribution is 9.10. The summed E-state index contributed by atoms with van der Waals surface area (Å²) in [7, 11) is 0. The molecule has 0 unspecified atom stereocenters. The maximum absolute atomic E-state index is 4.59. The fourth-order valence-corrected chi connectivity index (χ4v) is 2.35. The predicted octanol–water partition coefficient (Wildman–Crippen LogP) is 2.31. The molecule has 2 aromatic heterocycles. The van der Waals surface area contributed by atoms with Crippen molar-refractivity contribution in [2.45, 2.75) is 32.4 Å². The summed E-state index contributed by atoms with van der Waals surface area (Å²) in [6.45, 7) is 3.53. The van der Waals surface area contributed by atoms with E-state index in [9.17, 15) is 0 Å². The molecule has 20 heavy (non-hydrogen) atoms. The third-order valence-corrected chi connectivity index (χ3v) is 3.60. The standard InChI is InChI=1S/C14H18BrN5/c1-2-16-14(19-11-4-5-11)17-7-12-9-20-8-10(15)3-6-13(20)18-12/h3,6,8-9,11H,2,4-5,7H2,1H3,(H2,16,17,19). The van der Waals surface area contributed by atoms with E-state index in [1.807, 2.05) is 28.9 Å². The van der Waals surface area contributed by atoms with Crippen LogP contribution in [0, 0.1) is 0 Å². The monoisotopic (exact) mass is 335 g/mol. The van der Waals surface area contributed by atoms with Crippen molar-refractivity contribution in [3.05, 3.63) is 34.7 Å². The summed E-state index contributed by atoms with van der Waals surface area (Å²) in [5, 5.41) is 6.67. The van der Waals surface area contributed by atoms with Gasteiger partial charge in [0.25, 0.3) is 0 Å². The first-order valence-corrected chi connectivity index (χ1v) is 7.72. The number of fused-ring (bicyclic) bond motifs is 1. The minimum atomic E-state index is 0.585. The third kappa shape index (κ3) is 3.30. The van der Waals surface area contributed by atoms with E-state index in [0.29, 0.717) is 12.6 Å². The van der Waals surface area contributed by atoms with E-state index >= 15 is 0 Å². The average Bonchev–Trinajstić information content (AvgIpc) is 3.14. The predicted molar refractivity (Wildman–Crippen MR) is 83.9 cm³/mol. The summed E-state index contributed by atoms with van der Waals surface area (Å²) in [5.41, 5.74) is 1.91. The summed E-state index contributed by atoms with van der Waals surface area (Å²) in [4.78, 5) is 9.15. The van der Waals surface area contributed by atoms with Crippen molar-refractivity contribution in [3.8, 4) is 0 Å². The van der Waals surface area contributed by atoms with Crippen LogP contribution in [-0.2, 0) is 6.54 Å². The Labute approximate surface area is 126 Å². The molecule has 2 N–H and O–H groups in total. The van der Waals surface area contributed by atoms with Crippen molar-refractivity contribution in [3.63, 3.8) is 0 Å². The highest BCUT2D eigenvalue weighted by atomic mass is 79.9. The number of hydrogen-bond donors (Lipinski definition) is 2. The minimum absolute atomic E-state index is 0.585. The summed E-state index contributed by atoms with van der Waals surface area (Å²) in [5.74, 6) is 0.883. The van der Waals surface area contributed by atoms with Gasteiger partial charge in [-0.1, -0.05) is 0 Å². The first kappa shape index (κ1) is 13.4. The lowest BCUT2D eigenvalue weighted by atomic mass is 10.5. The maximum Gasteiger partial charge on any atom is 0.191 e. The average molecular weight is 336 g/mol. The lowest BCUT2D eigenvalue weighted by molar-refractivity contribution is 0.809. The molecule has 1 saturated carbocycles. The number of pyridine rings is 1. The van der Waals surface area contributed by atoms with Gasteiger partial charge in [0, 0.05) is 29.5 Å². The van der Waals surface area contributed by atoms with Crippen LogP contribution < -0.4 is 10.6 Å². The molecule has 0 atom stereocenters. The van der Waals surface area contributed by atoms with Crippen molar-refractivity contribution < 1.29 is 0 Å². The van der Waals surface area contributed by atoms with Gasteiger partial charge in [-0.2, -0.15) is 0 Å². The zero-order valence-electron chi connectivity index (χ0n) is 11.4. The lowest BCUT2D eigenvalue weighted by Crippen LogP contribution is -2.38. The largest absolute Gasteiger partial charge is 0.357 e. The van der Waals surface area contributed by atoms with Gasteiger partial charge in [-0.05, 0) is 47.8 Å². The van der Waals surface area contributed by atoms with Crippen molar-refractivity contribution in [1.82, 2.24) is 20.0 Å². The van der Waals surface area contributed by atoms with Gasteiger partial charge < -0.3 is 15.0 Å². The first-order chi connectivity index (χ1) is 9.74. The van der Waals surface area contributed by atoms with Crippen LogP contribution in [0.4, 0.5) is 0 Å². The molecule has 5 nitrogen and oxygen atoms in total. The number of rotatable bonds is 4. The molecule has 0 amide bonds. The molecule has 1 aliphatic carbocycles. The van der Waals surface area contributed by atoms with E-state index < -0.39 is 0 Å². The van der Waals surface area contributed by atoms with Crippen LogP contribution in [-0.4, -0.2) is 27.9 Å². The summed E-state index contributed by atoms with van der Waals surface area (Å²) < 4.78 is 3.05. The molecular weight excluding hydrogens is 318 g/mol. The zero-order chi connectivity index (χ0) is 13.9. The number of aliphatic imine (C=N–C) groups is 1. The van der Waals surface area contributed by atoms with Crippen LogP contribution in [0.1, 0.15) is 25.5 Å². The second kappa shape index (κ2) is 5.83. The molecule has 0 saturated heterocycles. The number of nitrogens with zero attached hydrogens (tertiary/aromatic N) is 3. The number of hydrogen-bond acceptors (Lipinski definition) is 2. The molecule has 1 fully saturated rings. The van der Waals surface area contributed by atoms with Gasteiger partial charge in [0.15, 0.2) is 5.96 Å². The fourth-order valence-electron chi connectivity index (χ4n) is 1.99. The summed E-state index contributed by atoms with van der Waals surface area (Å²) in [6.07, 6.45) is 6.51. The maximum atomic E-state index is 4.59. The smallest absolute Gasteiger partial charge is 0.191 e. The second-order valence-corrected chi connectivity index (χ2v) is 5.87. The van der Waals surface area contributed by atoms with E-state index in [1.54, 1.807) is 0 Å². The van der Waals surface area contributed by atoms with Crippen LogP contribution in [0.2, 0.25) is 0 Å². The molecule has 0 aliphatic heterocycles. The Hall–Kier alpha value is -1.56. The van der Waals surface area contributed by atoms with Crippen molar-refractivity contribution >= 4 is 27.5 Å². The molecule has 0 aromatic carbocycles. The number of guanidine groups is 1. The Morgan fingerprint density at radius 3 is 3.05 bits per heavy atom. The Balaban J connectivity index is 1.73. The van der Waals surface area contributed by atoms with Gasteiger partial charge in [-0.25, -0.2) is 9.98 Å². The Morgan fingerprint density at radius 2 is 2.30 bits per heavy atom. The molecule has 106 valence electrons. The fraction of sp³-hybridized carbons (Fsp3) is 0.429. The van der Waals surface area contributed by atoms with Gasteiger partial charge in [0.05, 0.1) is 12.2 Å². The molecule has 0 radical (unpaired) electrons. The van der Waals surface area contributed by atoms with Gasteiger partial charge >= 0.3 is 0 Å². The molecule has 2 heterocycles. The SMILES string of the molecule is CCNC(=NCc1cn2cc(Br)ccc2n1)NC1CC1. The zero-order valence-corrected chi connectivity index (χ0v) is 13.0. The summed E-state index contributed by atoms with van der Waals surface area (Å²) in [6, 6.07) is 4.59. The lowest BCUT2D eigenvalue weighted by Gasteiger charge is -2.09. The number of imidazole rings is 1. The highest BCUT2D eigenvalue weighted by Gasteiger charge is 2.22.